The zero-order valence-corrected chi connectivity index (χ0v) is 17.3. The van der Waals surface area contributed by atoms with Crippen molar-refractivity contribution in [3.63, 3.8) is 0 Å². The number of ether oxygens (including phenoxy) is 1. The van der Waals surface area contributed by atoms with E-state index in [0.717, 1.165) is 17.7 Å². The average molecular weight is 453 g/mol. The average Bonchev–Trinajstić information content (AvgIpc) is 3.09. The lowest BCUT2D eigenvalue weighted by molar-refractivity contribution is -0.141. The topological polar surface area (TPSA) is 114 Å². The Morgan fingerprint density at radius 2 is 1.97 bits per heavy atom. The van der Waals surface area contributed by atoms with E-state index in [0.29, 0.717) is 41.6 Å². The van der Waals surface area contributed by atoms with Gasteiger partial charge in [0.05, 0.1) is 35.5 Å². The van der Waals surface area contributed by atoms with Crippen LogP contribution in [0.2, 0.25) is 0 Å². The minimum Gasteiger partial charge on any atom is -0.476 e. The smallest absolute Gasteiger partial charge is 0.434 e. The number of alkyl halides is 3. The Balaban J connectivity index is 1.69. The number of likely N-dealkylation sites (N-methyl/N-ethyl adjacent to an activating group) is 1. The largest absolute Gasteiger partial charge is 0.476 e. The van der Waals surface area contributed by atoms with Crippen LogP contribution in [-0.2, 0) is 6.18 Å². The van der Waals surface area contributed by atoms with E-state index in [1.165, 1.54) is 6.20 Å². The maximum absolute atomic E-state index is 12.8. The lowest BCUT2D eigenvalue weighted by Gasteiger charge is -2.09. The van der Waals surface area contributed by atoms with Crippen molar-refractivity contribution in [3.8, 4) is 5.88 Å². The van der Waals surface area contributed by atoms with E-state index in [1.807, 2.05) is 7.05 Å². The maximum atomic E-state index is 12.8. The normalized spacial score (nSPS) is 11.3. The minimum absolute atomic E-state index is 0.0513. The molecule has 3 rings (SSSR count). The number of nitrogens with one attached hydrogen (secondary N) is 3. The Labute approximate surface area is 179 Å². The van der Waals surface area contributed by atoms with Crippen molar-refractivity contribution >= 4 is 33.9 Å². The van der Waals surface area contributed by atoms with Crippen LogP contribution in [0.3, 0.4) is 0 Å². The number of amides is 1. The molecule has 0 saturated carbocycles. The van der Waals surface area contributed by atoms with Crippen LogP contribution in [0.1, 0.15) is 21.7 Å². The number of hydrogen-bond acceptors (Lipinski definition) is 9. The summed E-state index contributed by atoms with van der Waals surface area (Å²) < 4.78 is 47.5. The second-order valence-electron chi connectivity index (χ2n) is 6.17. The fourth-order valence-electron chi connectivity index (χ4n) is 2.37. The summed E-state index contributed by atoms with van der Waals surface area (Å²) in [4.78, 5) is 23.9. The minimum atomic E-state index is -4.58. The van der Waals surface area contributed by atoms with Crippen molar-refractivity contribution in [2.24, 2.45) is 0 Å². The molecule has 0 radical (unpaired) electrons. The van der Waals surface area contributed by atoms with Crippen molar-refractivity contribution < 1.29 is 22.7 Å². The molecule has 3 heterocycles. The molecule has 31 heavy (non-hydrogen) atoms. The zero-order valence-electron chi connectivity index (χ0n) is 16.4. The van der Waals surface area contributed by atoms with E-state index >= 15 is 0 Å². The number of rotatable bonds is 8. The summed E-state index contributed by atoms with van der Waals surface area (Å²) in [6.07, 6.45) is -1.58. The molecule has 0 bridgehead atoms. The fraction of sp³-hybridized carbons (Fsp3) is 0.278. The first-order chi connectivity index (χ1) is 14.8. The summed E-state index contributed by atoms with van der Waals surface area (Å²) in [6, 6.07) is 3.27. The molecule has 0 aliphatic heterocycles. The van der Waals surface area contributed by atoms with Gasteiger partial charge in [0.15, 0.2) is 5.69 Å². The third-order valence-corrected chi connectivity index (χ3v) is 4.72. The molecule has 0 spiro atoms. The number of hydrogen-bond donors (Lipinski definition) is 3. The number of anilines is 3. The van der Waals surface area contributed by atoms with Gasteiger partial charge in [-0.2, -0.15) is 17.5 Å². The van der Waals surface area contributed by atoms with Crippen LogP contribution in [0.25, 0.3) is 0 Å². The quantitative estimate of drug-likeness (QED) is 0.446. The highest BCUT2D eigenvalue weighted by Gasteiger charge is 2.32. The van der Waals surface area contributed by atoms with Crippen molar-refractivity contribution in [2.45, 2.75) is 13.1 Å². The first kappa shape index (κ1) is 22.4. The summed E-state index contributed by atoms with van der Waals surface area (Å²) in [6.45, 7) is 2.77. The third kappa shape index (κ3) is 5.86. The molecule has 0 aromatic carbocycles. The molecule has 9 nitrogen and oxygen atoms in total. The summed E-state index contributed by atoms with van der Waals surface area (Å²) in [7, 11) is 1.81. The van der Waals surface area contributed by atoms with Gasteiger partial charge >= 0.3 is 6.18 Å². The van der Waals surface area contributed by atoms with Gasteiger partial charge in [0.25, 0.3) is 5.91 Å². The van der Waals surface area contributed by atoms with Crippen LogP contribution >= 0.6 is 11.5 Å². The van der Waals surface area contributed by atoms with E-state index in [9.17, 15) is 18.0 Å². The number of nitrogens with zero attached hydrogens (tertiary/aromatic N) is 4. The highest BCUT2D eigenvalue weighted by Crippen LogP contribution is 2.30. The molecule has 0 atom stereocenters. The molecule has 3 N–H and O–H groups in total. The Kier molecular flexibility index (Phi) is 6.97. The van der Waals surface area contributed by atoms with E-state index in [1.54, 1.807) is 19.1 Å². The van der Waals surface area contributed by atoms with E-state index in [-0.39, 0.29) is 11.4 Å². The predicted octanol–water partition coefficient (Wildman–Crippen LogP) is 3.25. The molecule has 0 unspecified atom stereocenters. The molecule has 3 aromatic heterocycles. The maximum Gasteiger partial charge on any atom is 0.434 e. The van der Waals surface area contributed by atoms with Gasteiger partial charge in [-0.1, -0.05) is 0 Å². The van der Waals surface area contributed by atoms with Crippen LogP contribution in [0.15, 0.2) is 30.7 Å². The summed E-state index contributed by atoms with van der Waals surface area (Å²) in [5.74, 6) is 0.0135. The molecule has 164 valence electrons. The van der Waals surface area contributed by atoms with E-state index in [2.05, 4.69) is 35.3 Å². The molecule has 0 saturated heterocycles. The number of aryl methyl sites for hydroxylation is 1. The number of aromatic nitrogens is 4. The van der Waals surface area contributed by atoms with Gasteiger partial charge in [0, 0.05) is 12.6 Å². The Morgan fingerprint density at radius 3 is 2.58 bits per heavy atom. The van der Waals surface area contributed by atoms with Gasteiger partial charge in [0.2, 0.25) is 5.88 Å². The van der Waals surface area contributed by atoms with Gasteiger partial charge in [-0.15, -0.1) is 0 Å². The molecule has 3 aromatic rings. The van der Waals surface area contributed by atoms with Crippen LogP contribution < -0.4 is 20.7 Å². The molecule has 13 heteroatoms. The number of carbonyl (C=O) groups is 1. The Bertz CT molecular complexity index is 1020. The molecular formula is C18H18F3N7O2S. The van der Waals surface area contributed by atoms with Gasteiger partial charge in [-0.3, -0.25) is 4.79 Å². The summed E-state index contributed by atoms with van der Waals surface area (Å²) in [5, 5.41) is 8.77. The van der Waals surface area contributed by atoms with Crippen LogP contribution in [0.5, 0.6) is 5.88 Å². The zero-order chi connectivity index (χ0) is 22.4. The van der Waals surface area contributed by atoms with Crippen LogP contribution in [0.4, 0.5) is 29.7 Å². The number of carbonyl (C=O) groups excluding carboxylic acids is 1. The van der Waals surface area contributed by atoms with Gasteiger partial charge in [0.1, 0.15) is 17.4 Å². The van der Waals surface area contributed by atoms with E-state index in [4.69, 9.17) is 4.74 Å². The number of pyridine rings is 1. The highest BCUT2D eigenvalue weighted by atomic mass is 32.1. The van der Waals surface area contributed by atoms with Crippen LogP contribution in [-0.4, -0.2) is 45.4 Å². The molecular weight excluding hydrogens is 435 g/mol. The third-order valence-electron chi connectivity index (χ3n) is 3.87. The highest BCUT2D eigenvalue weighted by molar-refractivity contribution is 7.10. The summed E-state index contributed by atoms with van der Waals surface area (Å²) >= 11 is 0.980. The Morgan fingerprint density at radius 1 is 1.16 bits per heavy atom. The lowest BCUT2D eigenvalue weighted by Crippen LogP contribution is -2.16. The standard InChI is InChI=1S/C18H18F3N7O2S/c1-10-15(16(29)26-11-3-4-14(25-7-11)30-6-5-22-2)17(31-28-10)27-13-9-23-12(8-24-13)18(19,20)21/h3-4,7-9,22H,5-6H2,1-2H3,(H,24,27)(H,26,29). The molecule has 0 aliphatic carbocycles. The van der Waals surface area contributed by atoms with Gasteiger partial charge < -0.3 is 20.7 Å². The fourth-order valence-corrected chi connectivity index (χ4v) is 3.17. The summed E-state index contributed by atoms with van der Waals surface area (Å²) in [5.41, 5.74) is 0.0186. The Hall–Kier alpha value is -3.32. The van der Waals surface area contributed by atoms with Crippen LogP contribution in [0, 0.1) is 6.92 Å². The van der Waals surface area contributed by atoms with Crippen molar-refractivity contribution in [1.82, 2.24) is 24.6 Å². The second kappa shape index (κ2) is 9.66. The lowest BCUT2D eigenvalue weighted by atomic mass is 10.2. The van der Waals surface area contributed by atoms with Gasteiger partial charge in [-0.25, -0.2) is 15.0 Å². The van der Waals surface area contributed by atoms with Crippen molar-refractivity contribution in [3.05, 3.63) is 47.7 Å². The first-order valence-electron chi connectivity index (χ1n) is 8.95. The van der Waals surface area contributed by atoms with Gasteiger partial charge in [-0.05, 0) is 31.6 Å². The molecule has 0 aliphatic rings. The SMILES string of the molecule is CNCCOc1ccc(NC(=O)c2c(C)nsc2Nc2cnc(C(F)(F)F)cn2)cn1. The molecule has 1 amide bonds. The monoisotopic (exact) mass is 453 g/mol. The molecule has 0 fully saturated rings. The van der Waals surface area contributed by atoms with E-state index < -0.39 is 17.8 Å². The van der Waals surface area contributed by atoms with Crippen molar-refractivity contribution in [2.75, 3.05) is 30.8 Å². The number of halogens is 3. The predicted molar refractivity (Wildman–Crippen MR) is 109 cm³/mol. The first-order valence-corrected chi connectivity index (χ1v) is 9.72. The second-order valence-corrected chi connectivity index (χ2v) is 6.95. The van der Waals surface area contributed by atoms with Crippen molar-refractivity contribution in [1.29, 1.82) is 0 Å².